The van der Waals surface area contributed by atoms with E-state index in [4.69, 9.17) is 0 Å². The number of hydrogen-bond acceptors (Lipinski definition) is 3. The van der Waals surface area contributed by atoms with Crippen LogP contribution in [0.3, 0.4) is 0 Å². The van der Waals surface area contributed by atoms with Gasteiger partial charge in [0.05, 0.1) is 4.88 Å². The number of nitrogens with zero attached hydrogens (tertiary/aromatic N) is 1. The molecule has 0 bridgehead atoms. The van der Waals surface area contributed by atoms with E-state index < -0.39 is 0 Å². The molecule has 0 radical (unpaired) electrons. The number of urea groups is 1. The van der Waals surface area contributed by atoms with Gasteiger partial charge in [-0.1, -0.05) is 19.8 Å². The van der Waals surface area contributed by atoms with E-state index >= 15 is 0 Å². The first-order valence-corrected chi connectivity index (χ1v) is 10.3. The van der Waals surface area contributed by atoms with Crippen LogP contribution in [0.25, 0.3) is 0 Å². The van der Waals surface area contributed by atoms with Crippen LogP contribution >= 0.6 is 11.3 Å². The van der Waals surface area contributed by atoms with Gasteiger partial charge < -0.3 is 15.5 Å². The summed E-state index contributed by atoms with van der Waals surface area (Å²) in [5.41, 5.74) is 0. The van der Waals surface area contributed by atoms with E-state index in [2.05, 4.69) is 17.6 Å². The quantitative estimate of drug-likeness (QED) is 0.863. The summed E-state index contributed by atoms with van der Waals surface area (Å²) in [7, 11) is 0. The maximum atomic E-state index is 12.5. The SMILES string of the molecule is Cc1ccc(C(=O)NC2CCN(C(=O)NC3CCCCC3C)CC2)s1. The number of rotatable bonds is 3. The molecular weight excluding hydrogens is 334 g/mol. The second-order valence-electron chi connectivity index (χ2n) is 7.46. The normalized spacial score (nSPS) is 24.8. The van der Waals surface area contributed by atoms with E-state index in [1.54, 1.807) is 0 Å². The lowest BCUT2D eigenvalue weighted by Crippen LogP contribution is -2.52. The Morgan fingerprint density at radius 1 is 1.08 bits per heavy atom. The molecule has 1 saturated heterocycles. The molecule has 3 amide bonds. The molecule has 6 heteroatoms. The van der Waals surface area contributed by atoms with Gasteiger partial charge in [-0.2, -0.15) is 0 Å². The molecule has 2 heterocycles. The first-order valence-electron chi connectivity index (χ1n) is 9.45. The Bertz CT molecular complexity index is 608. The Labute approximate surface area is 154 Å². The van der Waals surface area contributed by atoms with Crippen molar-refractivity contribution in [2.45, 2.75) is 64.5 Å². The minimum absolute atomic E-state index is 0.0111. The molecule has 1 saturated carbocycles. The molecular formula is C19H29N3O2S. The van der Waals surface area contributed by atoms with Gasteiger partial charge in [0.15, 0.2) is 0 Å². The number of aryl methyl sites for hydroxylation is 1. The molecule has 1 aliphatic carbocycles. The molecule has 0 aromatic carbocycles. The largest absolute Gasteiger partial charge is 0.348 e. The second kappa shape index (κ2) is 8.21. The number of likely N-dealkylation sites (tertiary alicyclic amines) is 1. The van der Waals surface area contributed by atoms with Gasteiger partial charge in [-0.25, -0.2) is 4.79 Å². The molecule has 2 atom stereocenters. The van der Waals surface area contributed by atoms with Crippen molar-refractivity contribution in [1.29, 1.82) is 0 Å². The third-order valence-electron chi connectivity index (χ3n) is 5.50. The van der Waals surface area contributed by atoms with Crippen molar-refractivity contribution >= 4 is 23.3 Å². The Hall–Kier alpha value is -1.56. The molecule has 2 aliphatic rings. The molecule has 0 spiro atoms. The van der Waals surface area contributed by atoms with Crippen LogP contribution in [0.4, 0.5) is 4.79 Å². The van der Waals surface area contributed by atoms with E-state index in [-0.39, 0.29) is 18.0 Å². The monoisotopic (exact) mass is 363 g/mol. The molecule has 2 unspecified atom stereocenters. The fraction of sp³-hybridized carbons (Fsp3) is 0.684. The minimum Gasteiger partial charge on any atom is -0.348 e. The van der Waals surface area contributed by atoms with Crippen molar-refractivity contribution in [3.8, 4) is 0 Å². The van der Waals surface area contributed by atoms with Crippen LogP contribution in [0.15, 0.2) is 12.1 Å². The lowest BCUT2D eigenvalue weighted by molar-refractivity contribution is 0.0921. The zero-order chi connectivity index (χ0) is 17.8. The summed E-state index contributed by atoms with van der Waals surface area (Å²) >= 11 is 1.52. The zero-order valence-corrected chi connectivity index (χ0v) is 16.0. The van der Waals surface area contributed by atoms with Crippen LogP contribution < -0.4 is 10.6 Å². The Morgan fingerprint density at radius 3 is 2.44 bits per heavy atom. The van der Waals surface area contributed by atoms with Crippen molar-refractivity contribution in [1.82, 2.24) is 15.5 Å². The van der Waals surface area contributed by atoms with Crippen LogP contribution in [0, 0.1) is 12.8 Å². The zero-order valence-electron chi connectivity index (χ0n) is 15.2. The fourth-order valence-electron chi connectivity index (χ4n) is 3.82. The van der Waals surface area contributed by atoms with Crippen molar-refractivity contribution in [2.24, 2.45) is 5.92 Å². The van der Waals surface area contributed by atoms with Crippen LogP contribution in [-0.4, -0.2) is 42.0 Å². The van der Waals surface area contributed by atoms with Crippen molar-refractivity contribution in [3.05, 3.63) is 21.9 Å². The average Bonchev–Trinajstić information content (AvgIpc) is 3.04. The van der Waals surface area contributed by atoms with E-state index in [0.29, 0.717) is 25.0 Å². The average molecular weight is 364 g/mol. The molecule has 3 rings (SSSR count). The van der Waals surface area contributed by atoms with E-state index in [1.807, 2.05) is 24.0 Å². The van der Waals surface area contributed by atoms with Crippen LogP contribution in [0.2, 0.25) is 0 Å². The Kier molecular flexibility index (Phi) is 5.99. The number of carbonyl (C=O) groups is 2. The highest BCUT2D eigenvalue weighted by molar-refractivity contribution is 7.13. The van der Waals surface area contributed by atoms with Gasteiger partial charge in [-0.05, 0) is 50.7 Å². The van der Waals surface area contributed by atoms with Gasteiger partial charge in [0, 0.05) is 30.1 Å². The third-order valence-corrected chi connectivity index (χ3v) is 6.50. The van der Waals surface area contributed by atoms with Gasteiger partial charge in [0.2, 0.25) is 0 Å². The highest BCUT2D eigenvalue weighted by Crippen LogP contribution is 2.24. The number of thiophene rings is 1. The molecule has 1 aliphatic heterocycles. The lowest BCUT2D eigenvalue weighted by Gasteiger charge is -2.35. The number of piperidine rings is 1. The molecule has 2 fully saturated rings. The van der Waals surface area contributed by atoms with Gasteiger partial charge in [0.1, 0.15) is 0 Å². The minimum atomic E-state index is 0.0111. The van der Waals surface area contributed by atoms with Crippen molar-refractivity contribution in [3.63, 3.8) is 0 Å². The van der Waals surface area contributed by atoms with Gasteiger partial charge in [-0.15, -0.1) is 11.3 Å². The van der Waals surface area contributed by atoms with Gasteiger partial charge >= 0.3 is 6.03 Å². The maximum absolute atomic E-state index is 12.5. The molecule has 5 nitrogen and oxygen atoms in total. The Balaban J connectivity index is 1.43. The van der Waals surface area contributed by atoms with Gasteiger partial charge in [0.25, 0.3) is 5.91 Å². The summed E-state index contributed by atoms with van der Waals surface area (Å²) in [5.74, 6) is 0.584. The number of carbonyl (C=O) groups excluding carboxylic acids is 2. The van der Waals surface area contributed by atoms with Crippen molar-refractivity contribution < 1.29 is 9.59 Å². The molecule has 2 N–H and O–H groups in total. The summed E-state index contributed by atoms with van der Waals surface area (Å²) in [5, 5.41) is 6.33. The summed E-state index contributed by atoms with van der Waals surface area (Å²) in [6.07, 6.45) is 6.45. The first kappa shape index (κ1) is 18.2. The lowest BCUT2D eigenvalue weighted by atomic mass is 9.86. The maximum Gasteiger partial charge on any atom is 0.317 e. The Morgan fingerprint density at radius 2 is 1.80 bits per heavy atom. The van der Waals surface area contributed by atoms with Crippen molar-refractivity contribution in [2.75, 3.05) is 13.1 Å². The van der Waals surface area contributed by atoms with E-state index in [0.717, 1.165) is 29.0 Å². The predicted molar refractivity (Wildman–Crippen MR) is 101 cm³/mol. The number of amides is 3. The summed E-state index contributed by atoms with van der Waals surface area (Å²) < 4.78 is 0. The summed E-state index contributed by atoms with van der Waals surface area (Å²) in [4.78, 5) is 28.6. The molecule has 138 valence electrons. The highest BCUT2D eigenvalue weighted by atomic mass is 32.1. The summed E-state index contributed by atoms with van der Waals surface area (Å²) in [6.45, 7) is 5.66. The number of nitrogens with one attached hydrogen (secondary N) is 2. The first-order chi connectivity index (χ1) is 12.0. The van der Waals surface area contributed by atoms with Crippen LogP contribution in [-0.2, 0) is 0 Å². The second-order valence-corrected chi connectivity index (χ2v) is 8.75. The topological polar surface area (TPSA) is 61.4 Å². The smallest absolute Gasteiger partial charge is 0.317 e. The fourth-order valence-corrected chi connectivity index (χ4v) is 4.59. The summed E-state index contributed by atoms with van der Waals surface area (Å²) in [6, 6.07) is 4.40. The predicted octanol–water partition coefficient (Wildman–Crippen LogP) is 3.54. The van der Waals surface area contributed by atoms with E-state index in [9.17, 15) is 9.59 Å². The van der Waals surface area contributed by atoms with Gasteiger partial charge in [-0.3, -0.25) is 4.79 Å². The van der Waals surface area contributed by atoms with E-state index in [1.165, 1.54) is 30.6 Å². The standard InChI is InChI=1S/C19H29N3O2S/c1-13-5-3-4-6-16(13)21-19(24)22-11-9-15(10-12-22)20-18(23)17-8-7-14(2)25-17/h7-8,13,15-16H,3-6,9-12H2,1-2H3,(H,20,23)(H,21,24). The molecule has 25 heavy (non-hydrogen) atoms. The highest BCUT2D eigenvalue weighted by Gasteiger charge is 2.28. The molecule has 1 aromatic heterocycles. The van der Waals surface area contributed by atoms with Crippen LogP contribution in [0.1, 0.15) is 60.0 Å². The third kappa shape index (κ3) is 4.75. The molecule has 1 aromatic rings. The number of hydrogen-bond donors (Lipinski definition) is 2. The van der Waals surface area contributed by atoms with Crippen LogP contribution in [0.5, 0.6) is 0 Å².